The van der Waals surface area contributed by atoms with Crippen LogP contribution >= 0.6 is 0 Å². The molecule has 1 unspecified atom stereocenters. The second kappa shape index (κ2) is 6.57. The molecule has 4 nitrogen and oxygen atoms in total. The maximum atomic E-state index is 13.1. The summed E-state index contributed by atoms with van der Waals surface area (Å²) in [6.45, 7) is 5.69. The Kier molecular flexibility index (Phi) is 4.69. The van der Waals surface area contributed by atoms with Crippen molar-refractivity contribution in [3.8, 4) is 0 Å². The molecule has 1 N–H and O–H groups in total. The lowest BCUT2D eigenvalue weighted by molar-refractivity contribution is -0.135. The summed E-state index contributed by atoms with van der Waals surface area (Å²) in [4.78, 5) is 17.1. The summed E-state index contributed by atoms with van der Waals surface area (Å²) in [5, 5.41) is 9.74. The Morgan fingerprint density at radius 2 is 1.83 bits per heavy atom. The van der Waals surface area contributed by atoms with Crippen molar-refractivity contribution in [2.24, 2.45) is 0 Å². The van der Waals surface area contributed by atoms with E-state index in [4.69, 9.17) is 0 Å². The van der Waals surface area contributed by atoms with Gasteiger partial charge < -0.3 is 10.0 Å². The number of nitrogens with zero attached hydrogens (tertiary/aromatic N) is 2. The van der Waals surface area contributed by atoms with Gasteiger partial charge in [0.2, 0.25) is 5.91 Å². The van der Waals surface area contributed by atoms with Gasteiger partial charge in [-0.1, -0.05) is 19.1 Å². The van der Waals surface area contributed by atoms with Gasteiger partial charge in [-0.3, -0.25) is 9.69 Å². The minimum absolute atomic E-state index is 0.180. The van der Waals surface area contributed by atoms with Gasteiger partial charge in [-0.15, -0.1) is 0 Å². The summed E-state index contributed by atoms with van der Waals surface area (Å²) >= 11 is 0. The maximum Gasteiger partial charge on any atom is 0.233 e. The molecule has 0 radical (unpaired) electrons. The van der Waals surface area contributed by atoms with Gasteiger partial charge in [0.1, 0.15) is 5.82 Å². The first kappa shape index (κ1) is 16.4. The Hall–Kier alpha value is -1.46. The predicted octanol–water partition coefficient (Wildman–Crippen LogP) is 1.77. The molecular weight excluding hydrogens is 295 g/mol. The minimum atomic E-state index is -0.418. The van der Waals surface area contributed by atoms with E-state index < -0.39 is 5.41 Å². The fourth-order valence-corrected chi connectivity index (χ4v) is 3.38. The van der Waals surface area contributed by atoms with Gasteiger partial charge in [0.15, 0.2) is 0 Å². The molecule has 3 rings (SSSR count). The highest BCUT2D eigenvalue weighted by molar-refractivity contribution is 5.91. The van der Waals surface area contributed by atoms with Crippen LogP contribution in [0.25, 0.3) is 0 Å². The van der Waals surface area contributed by atoms with Gasteiger partial charge in [-0.25, -0.2) is 4.39 Å². The smallest absolute Gasteiger partial charge is 0.233 e. The average molecular weight is 320 g/mol. The van der Waals surface area contributed by atoms with E-state index in [2.05, 4.69) is 4.90 Å². The van der Waals surface area contributed by atoms with Gasteiger partial charge in [0.05, 0.1) is 11.5 Å². The number of rotatable bonds is 5. The van der Waals surface area contributed by atoms with Crippen molar-refractivity contribution < 1.29 is 14.3 Å². The van der Waals surface area contributed by atoms with Crippen LogP contribution in [-0.4, -0.2) is 59.6 Å². The van der Waals surface area contributed by atoms with Crippen molar-refractivity contribution in [2.75, 3.05) is 32.7 Å². The quantitative estimate of drug-likeness (QED) is 0.899. The van der Waals surface area contributed by atoms with Crippen LogP contribution in [0.2, 0.25) is 0 Å². The molecule has 1 amide bonds. The number of hydrogen-bond donors (Lipinski definition) is 1. The van der Waals surface area contributed by atoms with Crippen LogP contribution in [0.5, 0.6) is 0 Å². The van der Waals surface area contributed by atoms with Gasteiger partial charge in [0, 0.05) is 32.7 Å². The summed E-state index contributed by atoms with van der Waals surface area (Å²) < 4.78 is 13.1. The highest BCUT2D eigenvalue weighted by Crippen LogP contribution is 2.49. The van der Waals surface area contributed by atoms with Crippen LogP contribution in [0.15, 0.2) is 24.3 Å². The second-order valence-electron chi connectivity index (χ2n) is 6.74. The van der Waals surface area contributed by atoms with Crippen LogP contribution < -0.4 is 0 Å². The molecule has 1 heterocycles. The number of hydrogen-bond acceptors (Lipinski definition) is 3. The zero-order valence-corrected chi connectivity index (χ0v) is 13.7. The normalized spacial score (nSPS) is 22.0. The molecule has 126 valence electrons. The fourth-order valence-electron chi connectivity index (χ4n) is 3.38. The molecular formula is C18H25FN2O2. The summed E-state index contributed by atoms with van der Waals surface area (Å²) in [6, 6.07) is 6.36. The van der Waals surface area contributed by atoms with Crippen molar-refractivity contribution in [1.82, 2.24) is 9.80 Å². The Morgan fingerprint density at radius 1 is 1.22 bits per heavy atom. The first-order valence-electron chi connectivity index (χ1n) is 8.51. The molecule has 2 aliphatic rings. The molecule has 1 saturated heterocycles. The monoisotopic (exact) mass is 320 g/mol. The molecule has 1 aliphatic carbocycles. The molecule has 0 spiro atoms. The Morgan fingerprint density at radius 3 is 2.35 bits per heavy atom. The van der Waals surface area contributed by atoms with Crippen LogP contribution in [0.1, 0.15) is 31.7 Å². The van der Waals surface area contributed by atoms with Gasteiger partial charge >= 0.3 is 0 Å². The van der Waals surface area contributed by atoms with Crippen molar-refractivity contribution >= 4 is 5.91 Å². The van der Waals surface area contributed by atoms with Crippen LogP contribution in [0.3, 0.4) is 0 Å². The lowest BCUT2D eigenvalue weighted by Gasteiger charge is -2.37. The number of carbonyl (C=O) groups is 1. The highest BCUT2D eigenvalue weighted by Gasteiger charge is 2.53. The van der Waals surface area contributed by atoms with E-state index in [0.717, 1.165) is 37.9 Å². The third kappa shape index (κ3) is 3.40. The summed E-state index contributed by atoms with van der Waals surface area (Å²) in [5.41, 5.74) is 0.520. The minimum Gasteiger partial charge on any atom is -0.392 e. The number of piperazine rings is 1. The Labute approximate surface area is 136 Å². The summed E-state index contributed by atoms with van der Waals surface area (Å²) in [6.07, 6.45) is 2.18. The lowest BCUT2D eigenvalue weighted by Crippen LogP contribution is -2.52. The zero-order valence-electron chi connectivity index (χ0n) is 13.7. The van der Waals surface area contributed by atoms with E-state index in [1.165, 1.54) is 12.1 Å². The van der Waals surface area contributed by atoms with Crippen molar-refractivity contribution in [3.63, 3.8) is 0 Å². The third-order valence-corrected chi connectivity index (χ3v) is 5.16. The van der Waals surface area contributed by atoms with Crippen LogP contribution in [0.4, 0.5) is 4.39 Å². The molecule has 1 atom stereocenters. The number of β-amino-alcohol motifs (C(OH)–C–C–N with tert-alkyl or cyclic N) is 1. The molecule has 1 aromatic carbocycles. The van der Waals surface area contributed by atoms with Crippen LogP contribution in [0, 0.1) is 5.82 Å². The van der Waals surface area contributed by atoms with E-state index in [1.54, 1.807) is 12.1 Å². The fraction of sp³-hybridized carbons (Fsp3) is 0.611. The first-order chi connectivity index (χ1) is 11.0. The van der Waals surface area contributed by atoms with Gasteiger partial charge in [-0.05, 0) is 37.0 Å². The van der Waals surface area contributed by atoms with E-state index in [-0.39, 0.29) is 17.8 Å². The highest BCUT2D eigenvalue weighted by atomic mass is 19.1. The largest absolute Gasteiger partial charge is 0.392 e. The Bertz CT molecular complexity index is 549. The lowest BCUT2D eigenvalue weighted by atomic mass is 9.94. The molecule has 0 aromatic heterocycles. The summed E-state index contributed by atoms with van der Waals surface area (Å²) in [7, 11) is 0. The second-order valence-corrected chi connectivity index (χ2v) is 6.74. The molecule has 0 bridgehead atoms. The number of amides is 1. The predicted molar refractivity (Wildman–Crippen MR) is 86.6 cm³/mol. The number of aliphatic hydroxyl groups excluding tert-OH is 1. The number of aliphatic hydroxyl groups is 1. The number of carbonyl (C=O) groups excluding carboxylic acids is 1. The molecule has 23 heavy (non-hydrogen) atoms. The molecule has 1 aliphatic heterocycles. The topological polar surface area (TPSA) is 43.8 Å². The van der Waals surface area contributed by atoms with E-state index in [9.17, 15) is 14.3 Å². The zero-order chi connectivity index (χ0) is 16.4. The number of halogens is 1. The standard InChI is InChI=1S/C18H25FN2O2/c1-2-16(22)13-20-9-11-21(12-10-20)17(23)18(7-8-18)14-3-5-15(19)6-4-14/h3-6,16,22H,2,7-13H2,1H3. The summed E-state index contributed by atoms with van der Waals surface area (Å²) in [5.74, 6) is -0.0834. The average Bonchev–Trinajstić information content (AvgIpc) is 3.37. The van der Waals surface area contributed by atoms with E-state index in [1.807, 2.05) is 11.8 Å². The molecule has 5 heteroatoms. The molecule has 2 fully saturated rings. The van der Waals surface area contributed by atoms with Gasteiger partial charge in [-0.2, -0.15) is 0 Å². The number of benzene rings is 1. The Balaban J connectivity index is 1.60. The van der Waals surface area contributed by atoms with Crippen molar-refractivity contribution in [1.29, 1.82) is 0 Å². The SMILES string of the molecule is CCC(O)CN1CCN(C(=O)C2(c3ccc(F)cc3)CC2)CC1. The third-order valence-electron chi connectivity index (χ3n) is 5.16. The van der Waals surface area contributed by atoms with E-state index in [0.29, 0.717) is 19.6 Å². The van der Waals surface area contributed by atoms with Gasteiger partial charge in [0.25, 0.3) is 0 Å². The maximum absolute atomic E-state index is 13.1. The van der Waals surface area contributed by atoms with Crippen molar-refractivity contribution in [2.45, 2.75) is 37.7 Å². The molecule has 1 saturated carbocycles. The first-order valence-corrected chi connectivity index (χ1v) is 8.51. The molecule has 1 aromatic rings. The van der Waals surface area contributed by atoms with E-state index >= 15 is 0 Å². The van der Waals surface area contributed by atoms with Crippen LogP contribution in [-0.2, 0) is 10.2 Å². The van der Waals surface area contributed by atoms with Crippen molar-refractivity contribution in [3.05, 3.63) is 35.6 Å².